The first-order chi connectivity index (χ1) is 15.3. The summed E-state index contributed by atoms with van der Waals surface area (Å²) < 4.78 is 13.3. The molecule has 2 atom stereocenters. The van der Waals surface area contributed by atoms with Crippen LogP contribution in [0.4, 0.5) is 20.0 Å². The second kappa shape index (κ2) is 10.5. The van der Waals surface area contributed by atoms with Crippen molar-refractivity contribution in [1.29, 1.82) is 0 Å². The van der Waals surface area contributed by atoms with E-state index in [9.17, 15) is 14.0 Å². The Bertz CT molecular complexity index is 1110. The Labute approximate surface area is 194 Å². The van der Waals surface area contributed by atoms with Crippen LogP contribution in [0.1, 0.15) is 25.8 Å². The van der Waals surface area contributed by atoms with Crippen molar-refractivity contribution < 1.29 is 14.0 Å². The summed E-state index contributed by atoms with van der Waals surface area (Å²) in [6.07, 6.45) is 0.658. The Morgan fingerprint density at radius 2 is 1.84 bits per heavy atom. The molecule has 7 nitrogen and oxygen atoms in total. The number of amides is 3. The maximum atomic E-state index is 13.3. The quantitative estimate of drug-likeness (QED) is 0.421. The van der Waals surface area contributed by atoms with Gasteiger partial charge in [0.2, 0.25) is 11.0 Å². The van der Waals surface area contributed by atoms with Gasteiger partial charge in [0.25, 0.3) is 0 Å². The lowest BCUT2D eigenvalue weighted by atomic mass is 9.98. The maximum Gasteiger partial charge on any atom is 0.319 e. The lowest BCUT2D eigenvalue weighted by molar-refractivity contribution is -0.119. The van der Waals surface area contributed by atoms with Crippen LogP contribution in [0.15, 0.2) is 42.5 Å². The molecule has 0 fully saturated rings. The van der Waals surface area contributed by atoms with Crippen molar-refractivity contribution in [2.75, 3.05) is 10.6 Å². The summed E-state index contributed by atoms with van der Waals surface area (Å²) in [5.74, 6) is -1.14. The van der Waals surface area contributed by atoms with Crippen molar-refractivity contribution in [1.82, 2.24) is 15.5 Å². The van der Waals surface area contributed by atoms with E-state index in [1.54, 1.807) is 0 Å². The molecule has 1 aromatic heterocycles. The van der Waals surface area contributed by atoms with E-state index in [0.29, 0.717) is 22.2 Å². The number of aromatic nitrogens is 2. The lowest BCUT2D eigenvalue weighted by Gasteiger charge is -2.23. The van der Waals surface area contributed by atoms with E-state index in [0.717, 1.165) is 17.2 Å². The molecule has 3 amide bonds. The number of nitrogens with one attached hydrogen (secondary N) is 3. The minimum atomic E-state index is -0.817. The molecular weight excluding hydrogens is 453 g/mol. The van der Waals surface area contributed by atoms with Gasteiger partial charge in [-0.05, 0) is 31.0 Å². The van der Waals surface area contributed by atoms with Crippen LogP contribution < -0.4 is 16.0 Å². The van der Waals surface area contributed by atoms with Gasteiger partial charge in [0, 0.05) is 11.3 Å². The van der Waals surface area contributed by atoms with Gasteiger partial charge < -0.3 is 10.6 Å². The Morgan fingerprint density at radius 1 is 1.12 bits per heavy atom. The highest BCUT2D eigenvalue weighted by molar-refractivity contribution is 7.18. The lowest BCUT2D eigenvalue weighted by Crippen LogP contribution is -2.49. The molecular formula is C22H23ClFN5O2S. The number of nitrogens with zero attached hydrogens (tertiary/aromatic N) is 2. The van der Waals surface area contributed by atoms with Crippen LogP contribution in [0.25, 0.3) is 10.6 Å². The molecule has 168 valence electrons. The fourth-order valence-electron chi connectivity index (χ4n) is 2.85. The zero-order chi connectivity index (χ0) is 23.3. The van der Waals surface area contributed by atoms with Gasteiger partial charge in [-0.15, -0.1) is 10.2 Å². The first-order valence-electron chi connectivity index (χ1n) is 10.0. The van der Waals surface area contributed by atoms with Crippen molar-refractivity contribution in [3.8, 4) is 10.6 Å². The number of benzene rings is 2. The van der Waals surface area contributed by atoms with E-state index in [2.05, 4.69) is 26.1 Å². The number of hydrogen-bond acceptors (Lipinski definition) is 5. The van der Waals surface area contributed by atoms with Crippen LogP contribution in [0.2, 0.25) is 5.02 Å². The molecule has 0 bridgehead atoms. The largest absolute Gasteiger partial charge is 0.326 e. The normalized spacial score (nSPS) is 12.7. The number of rotatable bonds is 7. The topological polar surface area (TPSA) is 96.0 Å². The predicted octanol–water partition coefficient (Wildman–Crippen LogP) is 5.48. The molecule has 0 radical (unpaired) electrons. The summed E-state index contributed by atoms with van der Waals surface area (Å²) in [6.45, 7) is 5.78. The number of carbonyl (C=O) groups excluding carboxylic acids is 2. The van der Waals surface area contributed by atoms with Crippen molar-refractivity contribution in [3.63, 3.8) is 0 Å². The second-order valence-electron chi connectivity index (χ2n) is 7.36. The van der Waals surface area contributed by atoms with Crippen LogP contribution in [0.3, 0.4) is 0 Å². The van der Waals surface area contributed by atoms with Gasteiger partial charge in [-0.1, -0.05) is 73.0 Å². The van der Waals surface area contributed by atoms with Crippen LogP contribution in [-0.4, -0.2) is 28.2 Å². The molecule has 1 heterocycles. The van der Waals surface area contributed by atoms with E-state index in [1.807, 2.05) is 45.0 Å². The number of halogens is 2. The summed E-state index contributed by atoms with van der Waals surface area (Å²) in [6, 6.07) is 10.2. The van der Waals surface area contributed by atoms with Crippen molar-refractivity contribution >= 4 is 45.7 Å². The number of anilines is 2. The predicted molar refractivity (Wildman–Crippen MR) is 126 cm³/mol. The van der Waals surface area contributed by atoms with Gasteiger partial charge in [-0.25, -0.2) is 9.18 Å². The Kier molecular flexibility index (Phi) is 7.76. The van der Waals surface area contributed by atoms with Gasteiger partial charge in [0.15, 0.2) is 0 Å². The minimum absolute atomic E-state index is 0.111. The van der Waals surface area contributed by atoms with E-state index in [4.69, 9.17) is 11.6 Å². The highest BCUT2D eigenvalue weighted by atomic mass is 35.5. The summed E-state index contributed by atoms with van der Waals surface area (Å²) in [5, 5.41) is 17.1. The summed E-state index contributed by atoms with van der Waals surface area (Å²) in [7, 11) is 0. The van der Waals surface area contributed by atoms with Crippen molar-refractivity contribution in [2.24, 2.45) is 5.92 Å². The fraction of sp³-hybridized carbons (Fsp3) is 0.273. The maximum absolute atomic E-state index is 13.3. The molecule has 10 heteroatoms. The first-order valence-corrected chi connectivity index (χ1v) is 11.2. The molecule has 3 rings (SSSR count). The van der Waals surface area contributed by atoms with E-state index in [1.165, 1.54) is 23.5 Å². The van der Waals surface area contributed by atoms with Gasteiger partial charge in [-0.2, -0.15) is 0 Å². The standard InChI is InChI=1S/C22H23ClFN5O2S/c1-4-13(3)18(26-21(31)25-15-9-10-17(24)16(23)11-15)19(30)27-22-29-28-20(32-22)14-7-5-12(2)6-8-14/h5-11,13,18H,4H2,1-3H3,(H2,25,26,31)(H,27,29,30)/t13-,18-/m0/s1. The molecule has 0 saturated heterocycles. The third-order valence-corrected chi connectivity index (χ3v) is 6.09. The van der Waals surface area contributed by atoms with Gasteiger partial charge in [0.05, 0.1) is 5.02 Å². The molecule has 0 aliphatic carbocycles. The van der Waals surface area contributed by atoms with E-state index >= 15 is 0 Å². The third-order valence-electron chi connectivity index (χ3n) is 4.91. The summed E-state index contributed by atoms with van der Waals surface area (Å²) in [5.41, 5.74) is 2.35. The number of aryl methyl sites for hydroxylation is 1. The first kappa shape index (κ1) is 23.6. The highest BCUT2D eigenvalue weighted by Crippen LogP contribution is 2.27. The van der Waals surface area contributed by atoms with E-state index in [-0.39, 0.29) is 10.9 Å². The summed E-state index contributed by atoms with van der Waals surface area (Å²) in [4.78, 5) is 25.4. The molecule has 3 aromatic rings. The van der Waals surface area contributed by atoms with E-state index < -0.39 is 23.8 Å². The SMILES string of the molecule is CC[C@H](C)[C@H](NC(=O)Nc1ccc(F)c(Cl)c1)C(=O)Nc1nnc(-c2ccc(C)cc2)s1. The van der Waals surface area contributed by atoms with Crippen LogP contribution >= 0.6 is 22.9 Å². The molecule has 0 aliphatic heterocycles. The zero-order valence-corrected chi connectivity index (χ0v) is 19.4. The average molecular weight is 476 g/mol. The van der Waals surface area contributed by atoms with Crippen LogP contribution in [0.5, 0.6) is 0 Å². The van der Waals surface area contributed by atoms with Gasteiger partial charge >= 0.3 is 6.03 Å². The number of urea groups is 1. The zero-order valence-electron chi connectivity index (χ0n) is 17.8. The molecule has 0 saturated carbocycles. The van der Waals surface area contributed by atoms with Crippen molar-refractivity contribution in [3.05, 3.63) is 58.9 Å². The molecule has 2 aromatic carbocycles. The number of carbonyl (C=O) groups is 2. The second-order valence-corrected chi connectivity index (χ2v) is 8.74. The fourth-order valence-corrected chi connectivity index (χ4v) is 3.79. The van der Waals surface area contributed by atoms with Gasteiger partial charge in [0.1, 0.15) is 16.9 Å². The molecule has 3 N–H and O–H groups in total. The Hall–Kier alpha value is -3.04. The smallest absolute Gasteiger partial charge is 0.319 e. The molecule has 0 spiro atoms. The molecule has 0 aliphatic rings. The monoisotopic (exact) mass is 475 g/mol. The Morgan fingerprint density at radius 3 is 2.50 bits per heavy atom. The minimum Gasteiger partial charge on any atom is -0.326 e. The summed E-state index contributed by atoms with van der Waals surface area (Å²) >= 11 is 7.00. The van der Waals surface area contributed by atoms with Crippen LogP contribution in [-0.2, 0) is 4.79 Å². The average Bonchev–Trinajstić information content (AvgIpc) is 3.23. The van der Waals surface area contributed by atoms with Gasteiger partial charge in [-0.3, -0.25) is 10.1 Å². The van der Waals surface area contributed by atoms with Crippen LogP contribution in [0, 0.1) is 18.7 Å². The molecule has 0 unspecified atom stereocenters. The number of hydrogen-bond donors (Lipinski definition) is 3. The van der Waals surface area contributed by atoms with Crippen molar-refractivity contribution in [2.45, 2.75) is 33.2 Å². The highest BCUT2D eigenvalue weighted by Gasteiger charge is 2.27. The third kappa shape index (κ3) is 6.02. The molecule has 32 heavy (non-hydrogen) atoms. The Balaban J connectivity index is 1.67.